The fourth-order valence-electron chi connectivity index (χ4n) is 5.97. The van der Waals surface area contributed by atoms with Gasteiger partial charge in [0.25, 0.3) is 0 Å². The van der Waals surface area contributed by atoms with Crippen LogP contribution >= 0.6 is 7.60 Å². The standard InChI is InChI=1S/C20H24N4O.C16H25N2O4P.C6H6N2O.2CH4/c1-15-22-13-16(14-23-15)8-11-19(25)7-3-2-6-18-10-9-17-5-4-12-21-20(17)24-18;1-21-23(20,22-2)12-15(19)8-4-3-7-14-10-9-13-6-5-11-17-16(13)18-14;1-5-7-2-6(4-9)3-8-5;;/h8-11,13-14H,2-7,12H2,1H3,(H,21,24);9-10H,3-8,11-12H2,1-2H3,(H,17,18);2-4H,1H3;2*1H4/b11-8+;;;;. The van der Waals surface area contributed by atoms with Gasteiger partial charge in [-0.15, -0.1) is 0 Å². The van der Waals surface area contributed by atoms with Crippen LogP contribution in [0.25, 0.3) is 6.08 Å². The van der Waals surface area contributed by atoms with E-state index < -0.39 is 7.60 Å². The lowest BCUT2D eigenvalue weighted by Gasteiger charge is -2.17. The number of fused-ring (bicyclic) bond motifs is 2. The molecular formula is C44H63N8O6P. The molecule has 0 spiro atoms. The number of ketones is 2. The summed E-state index contributed by atoms with van der Waals surface area (Å²) in [6.07, 6.45) is 21.1. The number of nitrogens with one attached hydrogen (secondary N) is 2. The molecule has 6 rings (SSSR count). The first kappa shape index (κ1) is 50.1. The zero-order valence-electron chi connectivity index (χ0n) is 33.5. The maximum absolute atomic E-state index is 11.9. The number of unbranched alkanes of at least 4 members (excludes halogenated alkanes) is 2. The first-order chi connectivity index (χ1) is 27.6. The van der Waals surface area contributed by atoms with Crippen LogP contribution < -0.4 is 10.6 Å². The van der Waals surface area contributed by atoms with Crippen molar-refractivity contribution in [2.24, 2.45) is 0 Å². The number of nitrogens with zero attached hydrogens (tertiary/aromatic N) is 6. The molecule has 0 unspecified atom stereocenters. The van der Waals surface area contributed by atoms with Gasteiger partial charge in [0.1, 0.15) is 35.2 Å². The maximum atomic E-state index is 11.9. The average Bonchev–Trinajstić information content (AvgIpc) is 3.24. The second-order valence-electron chi connectivity index (χ2n) is 13.8. The van der Waals surface area contributed by atoms with Gasteiger partial charge in [0.05, 0.1) is 5.56 Å². The molecular weight excluding hydrogens is 768 g/mol. The van der Waals surface area contributed by atoms with Crippen LogP contribution in [0.2, 0.25) is 0 Å². The van der Waals surface area contributed by atoms with Gasteiger partial charge in [-0.3, -0.25) is 18.9 Å². The largest absolute Gasteiger partial charge is 0.370 e. The molecule has 0 atom stereocenters. The van der Waals surface area contributed by atoms with Crippen LogP contribution in [0.1, 0.15) is 116 Å². The van der Waals surface area contributed by atoms with E-state index in [1.165, 1.54) is 44.2 Å². The topological polar surface area (TPSA) is 188 Å². The molecule has 15 heteroatoms. The number of hydrogen-bond acceptors (Lipinski definition) is 14. The van der Waals surface area contributed by atoms with Crippen molar-refractivity contribution in [1.29, 1.82) is 0 Å². The lowest BCUT2D eigenvalue weighted by molar-refractivity contribution is -0.117. The van der Waals surface area contributed by atoms with Gasteiger partial charge in [-0.25, -0.2) is 29.9 Å². The molecule has 0 amide bonds. The fraction of sp³-hybridized carbons (Fsp3) is 0.477. The van der Waals surface area contributed by atoms with Crippen LogP contribution in [0.5, 0.6) is 0 Å². The molecule has 2 N–H and O–H groups in total. The third kappa shape index (κ3) is 18.2. The van der Waals surface area contributed by atoms with E-state index >= 15 is 0 Å². The summed E-state index contributed by atoms with van der Waals surface area (Å²) >= 11 is 0. The van der Waals surface area contributed by atoms with Crippen molar-refractivity contribution in [3.05, 3.63) is 100 Å². The minimum Gasteiger partial charge on any atom is -0.370 e. The Bertz CT molecular complexity index is 1970. The van der Waals surface area contributed by atoms with Gasteiger partial charge in [0.15, 0.2) is 12.1 Å². The molecule has 0 aliphatic carbocycles. The van der Waals surface area contributed by atoms with Gasteiger partial charge < -0.3 is 19.7 Å². The highest BCUT2D eigenvalue weighted by Gasteiger charge is 2.25. The molecule has 2 aliphatic heterocycles. The Morgan fingerprint density at radius 3 is 1.66 bits per heavy atom. The van der Waals surface area contributed by atoms with Gasteiger partial charge >= 0.3 is 7.60 Å². The fourth-order valence-corrected chi connectivity index (χ4v) is 6.97. The van der Waals surface area contributed by atoms with Crippen molar-refractivity contribution >= 4 is 43.2 Å². The molecule has 6 heterocycles. The Morgan fingerprint density at radius 2 is 1.19 bits per heavy atom. The molecule has 4 aromatic heterocycles. The summed E-state index contributed by atoms with van der Waals surface area (Å²) in [7, 11) is -0.630. The highest BCUT2D eigenvalue weighted by atomic mass is 31.2. The van der Waals surface area contributed by atoms with Crippen molar-refractivity contribution in [1.82, 2.24) is 29.9 Å². The number of rotatable bonds is 17. The summed E-state index contributed by atoms with van der Waals surface area (Å²) in [4.78, 5) is 59.0. The zero-order valence-corrected chi connectivity index (χ0v) is 34.4. The van der Waals surface area contributed by atoms with Gasteiger partial charge in [-0.2, -0.15) is 0 Å². The number of aldehydes is 1. The summed E-state index contributed by atoms with van der Waals surface area (Å²) in [5, 5.41) is 6.69. The van der Waals surface area contributed by atoms with E-state index in [0.29, 0.717) is 24.2 Å². The highest BCUT2D eigenvalue weighted by molar-refractivity contribution is 7.54. The summed E-state index contributed by atoms with van der Waals surface area (Å²) in [6.45, 7) is 5.61. The highest BCUT2D eigenvalue weighted by Crippen LogP contribution is 2.46. The third-order valence-electron chi connectivity index (χ3n) is 9.27. The van der Waals surface area contributed by atoms with Crippen molar-refractivity contribution in [2.75, 3.05) is 44.1 Å². The van der Waals surface area contributed by atoms with Crippen molar-refractivity contribution in [3.63, 3.8) is 0 Å². The number of carbonyl (C=O) groups excluding carboxylic acids is 3. The molecule has 0 fully saturated rings. The van der Waals surface area contributed by atoms with Crippen LogP contribution in [0.3, 0.4) is 0 Å². The number of hydrogen-bond donors (Lipinski definition) is 2. The maximum Gasteiger partial charge on any atom is 0.337 e. The van der Waals surface area contributed by atoms with Gasteiger partial charge in [0.2, 0.25) is 0 Å². The molecule has 320 valence electrons. The van der Waals surface area contributed by atoms with E-state index in [9.17, 15) is 18.9 Å². The summed E-state index contributed by atoms with van der Waals surface area (Å²) < 4.78 is 21.4. The minimum atomic E-state index is -3.23. The van der Waals surface area contributed by atoms with E-state index in [1.807, 2.05) is 6.92 Å². The van der Waals surface area contributed by atoms with Crippen LogP contribution in [-0.4, -0.2) is 81.2 Å². The van der Waals surface area contributed by atoms with Crippen LogP contribution in [0.4, 0.5) is 11.6 Å². The second kappa shape index (κ2) is 26.9. The summed E-state index contributed by atoms with van der Waals surface area (Å²) in [5.74, 6) is 3.52. The van der Waals surface area contributed by atoms with E-state index in [4.69, 9.17) is 9.05 Å². The predicted octanol–water partition coefficient (Wildman–Crippen LogP) is 8.61. The Hall–Kier alpha value is -5.04. The van der Waals surface area contributed by atoms with E-state index in [0.717, 1.165) is 112 Å². The Kier molecular flexibility index (Phi) is 22.8. The lowest BCUT2D eigenvalue weighted by Crippen LogP contribution is -2.14. The number of allylic oxidation sites excluding steroid dienone is 1. The molecule has 2 aliphatic rings. The monoisotopic (exact) mass is 830 g/mol. The van der Waals surface area contributed by atoms with E-state index in [2.05, 4.69) is 64.8 Å². The minimum absolute atomic E-state index is 0. The third-order valence-corrected chi connectivity index (χ3v) is 11.1. The Morgan fingerprint density at radius 1 is 0.712 bits per heavy atom. The van der Waals surface area contributed by atoms with Crippen molar-refractivity contribution in [3.8, 4) is 0 Å². The number of pyridine rings is 2. The first-order valence-electron chi connectivity index (χ1n) is 19.5. The van der Waals surface area contributed by atoms with Gasteiger partial charge in [-0.05, 0) is 113 Å². The molecule has 0 bridgehead atoms. The number of anilines is 2. The number of carbonyl (C=O) groups is 3. The van der Waals surface area contributed by atoms with E-state index in [1.54, 1.807) is 31.5 Å². The molecule has 59 heavy (non-hydrogen) atoms. The molecule has 0 radical (unpaired) electrons. The predicted molar refractivity (Wildman–Crippen MR) is 235 cm³/mol. The van der Waals surface area contributed by atoms with Crippen LogP contribution in [0.15, 0.2) is 55.1 Å². The molecule has 0 saturated carbocycles. The molecule has 14 nitrogen and oxygen atoms in total. The Labute approximate surface area is 350 Å². The van der Waals surface area contributed by atoms with Crippen LogP contribution in [0, 0.1) is 13.8 Å². The number of aromatic nitrogens is 6. The lowest BCUT2D eigenvalue weighted by atomic mass is 10.0. The SMILES string of the molecule is C.C.COP(=O)(CC(=O)CCCCc1ccc2c(n1)NCCC2)OC.Cc1ncc(/C=C/C(=O)CCCCc2ccc3c(n2)NCCC3)cn1.Cc1ncc(C=O)cn1. The average molecular weight is 831 g/mol. The zero-order chi connectivity index (χ0) is 40.9. The molecule has 4 aromatic rings. The summed E-state index contributed by atoms with van der Waals surface area (Å²) in [6, 6.07) is 8.51. The van der Waals surface area contributed by atoms with Crippen molar-refractivity contribution < 1.29 is 28.0 Å². The second-order valence-corrected chi connectivity index (χ2v) is 16.1. The quantitative estimate of drug-likeness (QED) is 0.0445. The van der Waals surface area contributed by atoms with Gasteiger partial charge in [-0.1, -0.05) is 27.0 Å². The Balaban J connectivity index is 0.000000328. The van der Waals surface area contributed by atoms with Gasteiger partial charge in [0, 0.05) is 81.9 Å². The number of aryl methyl sites for hydroxylation is 6. The number of Topliss-reactive ketones (excluding diaryl/α,β-unsaturated/α-hetero) is 1. The first-order valence-corrected chi connectivity index (χ1v) is 21.2. The molecule has 0 saturated heterocycles. The van der Waals surface area contributed by atoms with Crippen molar-refractivity contribution in [2.45, 2.75) is 106 Å². The smallest absolute Gasteiger partial charge is 0.337 e. The van der Waals surface area contributed by atoms with Crippen LogP contribution in [-0.2, 0) is 48.9 Å². The normalized spacial score (nSPS) is 12.6. The summed E-state index contributed by atoms with van der Waals surface area (Å²) in [5.41, 5.74) is 6.11. The molecule has 0 aromatic carbocycles. The van der Waals surface area contributed by atoms with E-state index in [-0.39, 0.29) is 32.6 Å².